The van der Waals surface area contributed by atoms with Crippen LogP contribution in [0.4, 0.5) is 14.5 Å². The van der Waals surface area contributed by atoms with Crippen LogP contribution in [0.2, 0.25) is 0 Å². The molecule has 3 aliphatic heterocycles. The van der Waals surface area contributed by atoms with E-state index in [9.17, 15) is 13.9 Å². The standard InChI is InChI=1S/C27H35F2N3O/c1-19-16-21-17-23(33)6-7-24(21)26(32(19)18-25(28)29)20-2-4-22(5-3-20)31-14-10-27(11-15-31)8-12-30-13-9-27/h2-7,17,19,25-26,30,33H,8-16,18H2,1H3/t19-,26?/m1/s1. The first kappa shape index (κ1) is 22.6. The molecule has 0 aliphatic carbocycles. The number of phenolic OH excluding ortho intramolecular Hbond substituents is 1. The smallest absolute Gasteiger partial charge is 0.251 e. The molecule has 2 atom stereocenters. The molecule has 2 fully saturated rings. The number of aromatic hydroxyl groups is 1. The molecule has 2 aromatic carbocycles. The average Bonchev–Trinajstić information content (AvgIpc) is 2.81. The molecule has 0 amide bonds. The Kier molecular flexibility index (Phi) is 6.32. The molecule has 0 bridgehead atoms. The first-order chi connectivity index (χ1) is 15.9. The van der Waals surface area contributed by atoms with Gasteiger partial charge in [0, 0.05) is 24.8 Å². The summed E-state index contributed by atoms with van der Waals surface area (Å²) < 4.78 is 27.0. The zero-order valence-electron chi connectivity index (χ0n) is 19.4. The number of fused-ring (bicyclic) bond motifs is 1. The fourth-order valence-electron chi connectivity index (χ4n) is 6.28. The van der Waals surface area contributed by atoms with Gasteiger partial charge in [-0.25, -0.2) is 8.78 Å². The van der Waals surface area contributed by atoms with E-state index in [1.165, 1.54) is 31.4 Å². The normalized spacial score (nSPS) is 25.4. The third-order valence-corrected chi connectivity index (χ3v) is 8.25. The number of anilines is 1. The Morgan fingerprint density at radius 2 is 1.73 bits per heavy atom. The van der Waals surface area contributed by atoms with Crippen LogP contribution >= 0.6 is 0 Å². The van der Waals surface area contributed by atoms with Gasteiger partial charge in [-0.15, -0.1) is 0 Å². The maximum atomic E-state index is 13.5. The fraction of sp³-hybridized carbons (Fsp3) is 0.556. The first-order valence-corrected chi connectivity index (χ1v) is 12.4. The van der Waals surface area contributed by atoms with Crippen LogP contribution in [0.3, 0.4) is 0 Å². The third-order valence-electron chi connectivity index (χ3n) is 8.25. The third kappa shape index (κ3) is 4.60. The summed E-state index contributed by atoms with van der Waals surface area (Å²) in [5.41, 5.74) is 4.84. The predicted octanol–water partition coefficient (Wildman–Crippen LogP) is 4.96. The van der Waals surface area contributed by atoms with Crippen LogP contribution < -0.4 is 10.2 Å². The summed E-state index contributed by atoms with van der Waals surface area (Å²) in [5.74, 6) is 0.231. The lowest BCUT2D eigenvalue weighted by atomic mass is 9.71. The molecule has 2 N–H and O–H groups in total. The minimum absolute atomic E-state index is 0.0266. The highest BCUT2D eigenvalue weighted by atomic mass is 19.3. The molecule has 0 radical (unpaired) electrons. The highest BCUT2D eigenvalue weighted by Crippen LogP contribution is 2.42. The molecule has 1 spiro atoms. The van der Waals surface area contributed by atoms with Gasteiger partial charge in [-0.2, -0.15) is 0 Å². The molecular formula is C27H35F2N3O. The number of piperidine rings is 2. The molecule has 0 aromatic heterocycles. The van der Waals surface area contributed by atoms with Crippen LogP contribution in [-0.2, 0) is 6.42 Å². The quantitative estimate of drug-likeness (QED) is 0.683. The van der Waals surface area contributed by atoms with Crippen LogP contribution in [-0.4, -0.2) is 55.2 Å². The Balaban J connectivity index is 1.38. The van der Waals surface area contributed by atoms with E-state index in [0.717, 1.165) is 42.9 Å². The molecule has 1 unspecified atom stereocenters. The van der Waals surface area contributed by atoms with Crippen LogP contribution in [0, 0.1) is 5.41 Å². The average molecular weight is 456 g/mol. The number of benzene rings is 2. The van der Waals surface area contributed by atoms with Crippen molar-refractivity contribution < 1.29 is 13.9 Å². The lowest BCUT2D eigenvalue weighted by Gasteiger charge is -2.45. The second kappa shape index (κ2) is 9.22. The number of halogens is 2. The molecule has 0 saturated carbocycles. The number of rotatable bonds is 4. The molecule has 3 heterocycles. The monoisotopic (exact) mass is 455 g/mol. The molecule has 4 nitrogen and oxygen atoms in total. The number of nitrogens with zero attached hydrogens (tertiary/aromatic N) is 2. The SMILES string of the molecule is C[C@@H]1Cc2cc(O)ccc2C(c2ccc(N3CCC4(CCNCC4)CC3)cc2)N1CC(F)F. The van der Waals surface area contributed by atoms with Gasteiger partial charge < -0.3 is 15.3 Å². The summed E-state index contributed by atoms with van der Waals surface area (Å²) in [6.45, 7) is 6.20. The second-order valence-corrected chi connectivity index (χ2v) is 10.3. The van der Waals surface area contributed by atoms with E-state index in [1.54, 1.807) is 12.1 Å². The predicted molar refractivity (Wildman–Crippen MR) is 128 cm³/mol. The van der Waals surface area contributed by atoms with Crippen LogP contribution in [0.15, 0.2) is 42.5 Å². The molecule has 2 aromatic rings. The summed E-state index contributed by atoms with van der Waals surface area (Å²) in [6.07, 6.45) is 3.34. The van der Waals surface area contributed by atoms with E-state index >= 15 is 0 Å². The molecule has 5 rings (SSSR count). The van der Waals surface area contributed by atoms with Gasteiger partial charge in [-0.1, -0.05) is 18.2 Å². The molecule has 33 heavy (non-hydrogen) atoms. The molecule has 3 aliphatic rings. The van der Waals surface area contributed by atoms with Gasteiger partial charge in [0.2, 0.25) is 0 Å². The minimum Gasteiger partial charge on any atom is -0.508 e. The summed E-state index contributed by atoms with van der Waals surface area (Å²) in [4.78, 5) is 4.39. The molecule has 6 heteroatoms. The van der Waals surface area contributed by atoms with Crippen molar-refractivity contribution in [1.29, 1.82) is 0 Å². The van der Waals surface area contributed by atoms with Crippen LogP contribution in [0.25, 0.3) is 0 Å². The first-order valence-electron chi connectivity index (χ1n) is 12.4. The molecule has 2 saturated heterocycles. The summed E-state index contributed by atoms with van der Waals surface area (Å²) in [5, 5.41) is 13.5. The van der Waals surface area contributed by atoms with E-state index < -0.39 is 6.43 Å². The van der Waals surface area contributed by atoms with Crippen LogP contribution in [0.5, 0.6) is 5.75 Å². The zero-order chi connectivity index (χ0) is 23.0. The van der Waals surface area contributed by atoms with Gasteiger partial charge >= 0.3 is 0 Å². The summed E-state index contributed by atoms with van der Waals surface area (Å²) in [6, 6.07) is 13.7. The highest BCUT2D eigenvalue weighted by molar-refractivity contribution is 5.51. The number of hydrogen-bond donors (Lipinski definition) is 2. The van der Waals surface area contributed by atoms with Gasteiger partial charge in [0.25, 0.3) is 6.43 Å². The van der Waals surface area contributed by atoms with E-state index in [2.05, 4.69) is 34.5 Å². The van der Waals surface area contributed by atoms with E-state index in [0.29, 0.717) is 11.8 Å². The summed E-state index contributed by atoms with van der Waals surface area (Å²) >= 11 is 0. The van der Waals surface area contributed by atoms with Gasteiger partial charge in [0.15, 0.2) is 0 Å². The Morgan fingerprint density at radius 1 is 1.03 bits per heavy atom. The Morgan fingerprint density at radius 3 is 2.39 bits per heavy atom. The number of alkyl halides is 2. The zero-order valence-corrected chi connectivity index (χ0v) is 19.4. The maximum Gasteiger partial charge on any atom is 0.251 e. The van der Waals surface area contributed by atoms with Crippen molar-refractivity contribution in [1.82, 2.24) is 10.2 Å². The van der Waals surface area contributed by atoms with Gasteiger partial charge in [-0.3, -0.25) is 4.90 Å². The van der Waals surface area contributed by atoms with Crippen molar-refractivity contribution in [3.8, 4) is 5.75 Å². The lowest BCUT2D eigenvalue weighted by Crippen LogP contribution is -2.45. The van der Waals surface area contributed by atoms with Crippen molar-refractivity contribution in [2.75, 3.05) is 37.6 Å². The maximum absolute atomic E-state index is 13.5. The number of nitrogens with one attached hydrogen (secondary N) is 1. The summed E-state index contributed by atoms with van der Waals surface area (Å²) in [7, 11) is 0. The lowest BCUT2D eigenvalue weighted by molar-refractivity contribution is 0.0463. The van der Waals surface area contributed by atoms with Gasteiger partial charge in [0.05, 0.1) is 12.6 Å². The Labute approximate surface area is 195 Å². The second-order valence-electron chi connectivity index (χ2n) is 10.3. The minimum atomic E-state index is -2.39. The molecule has 178 valence electrons. The van der Waals surface area contributed by atoms with Crippen molar-refractivity contribution in [2.45, 2.75) is 57.5 Å². The number of hydrogen-bond acceptors (Lipinski definition) is 4. The van der Waals surface area contributed by atoms with Crippen molar-refractivity contribution >= 4 is 5.69 Å². The highest BCUT2D eigenvalue weighted by Gasteiger charge is 2.37. The van der Waals surface area contributed by atoms with Crippen molar-refractivity contribution in [2.24, 2.45) is 5.41 Å². The largest absolute Gasteiger partial charge is 0.508 e. The van der Waals surface area contributed by atoms with Crippen LogP contribution in [0.1, 0.15) is 55.3 Å². The van der Waals surface area contributed by atoms with Crippen molar-refractivity contribution in [3.05, 3.63) is 59.2 Å². The van der Waals surface area contributed by atoms with Gasteiger partial charge in [-0.05, 0) is 98.5 Å². The fourth-order valence-corrected chi connectivity index (χ4v) is 6.28. The van der Waals surface area contributed by atoms with Crippen molar-refractivity contribution in [3.63, 3.8) is 0 Å². The van der Waals surface area contributed by atoms with E-state index in [4.69, 9.17) is 0 Å². The van der Waals surface area contributed by atoms with E-state index in [1.807, 2.05) is 17.9 Å². The number of phenols is 1. The topological polar surface area (TPSA) is 38.7 Å². The Hall–Kier alpha value is -2.18. The Bertz CT molecular complexity index is 948. The van der Waals surface area contributed by atoms with Gasteiger partial charge in [0.1, 0.15) is 5.75 Å². The van der Waals surface area contributed by atoms with E-state index in [-0.39, 0.29) is 24.4 Å². The molecular weight excluding hydrogens is 420 g/mol.